The number of rotatable bonds is 8. The lowest BCUT2D eigenvalue weighted by atomic mass is 10.0. The van der Waals surface area contributed by atoms with Gasteiger partial charge in [-0.3, -0.25) is 4.79 Å². The summed E-state index contributed by atoms with van der Waals surface area (Å²) >= 11 is 6.84. The number of nitrogens with one attached hydrogen (secondary N) is 2. The molecule has 0 bridgehead atoms. The van der Waals surface area contributed by atoms with E-state index in [1.165, 1.54) is 19.1 Å². The minimum atomic E-state index is -0.931. The first-order valence-electron chi connectivity index (χ1n) is 8.29. The van der Waals surface area contributed by atoms with Gasteiger partial charge < -0.3 is 15.7 Å². The highest BCUT2D eigenvalue weighted by Gasteiger charge is 2.21. The summed E-state index contributed by atoms with van der Waals surface area (Å²) in [6.07, 6.45) is -0.819. The molecule has 4 nitrogen and oxygen atoms in total. The molecule has 3 N–H and O–H groups in total. The maximum absolute atomic E-state index is 13.4. The first-order chi connectivity index (χ1) is 12.7. The molecule has 2 atom stereocenters. The quantitative estimate of drug-likeness (QED) is 0.512. The number of aliphatic hydroxyl groups is 1. The number of aliphatic hydroxyl groups excluding tert-OH is 1. The van der Waals surface area contributed by atoms with Crippen molar-refractivity contribution in [1.29, 1.82) is 0 Å². The molecule has 0 saturated carbocycles. The molecule has 0 spiro atoms. The largest absolute Gasteiger partial charge is 0.390 e. The summed E-state index contributed by atoms with van der Waals surface area (Å²) in [4.78, 5) is 11.4. The average molecular weight is 506 g/mol. The summed E-state index contributed by atoms with van der Waals surface area (Å²) in [5.41, 5.74) is 1.38. The van der Waals surface area contributed by atoms with Crippen molar-refractivity contribution in [2.45, 2.75) is 32.0 Å². The molecule has 0 radical (unpaired) electrons. The highest BCUT2D eigenvalue weighted by molar-refractivity contribution is 9.13. The molecular formula is C19H20Br2F2N2O2. The number of carbonyl (C=O) groups excluding carboxylic acids is 1. The molecule has 0 unspecified atom stereocenters. The molecule has 0 heterocycles. The lowest BCUT2D eigenvalue weighted by Gasteiger charge is -2.24. The predicted molar refractivity (Wildman–Crippen MR) is 107 cm³/mol. The van der Waals surface area contributed by atoms with Gasteiger partial charge in [0.15, 0.2) is 0 Å². The van der Waals surface area contributed by atoms with Crippen LogP contribution in [0.3, 0.4) is 0 Å². The average Bonchev–Trinajstić information content (AvgIpc) is 2.56. The van der Waals surface area contributed by atoms with E-state index < -0.39 is 23.8 Å². The first-order valence-corrected chi connectivity index (χ1v) is 9.88. The second-order valence-corrected chi connectivity index (χ2v) is 7.94. The lowest BCUT2D eigenvalue weighted by molar-refractivity contribution is -0.120. The van der Waals surface area contributed by atoms with Crippen LogP contribution in [0.2, 0.25) is 0 Å². The Hall–Kier alpha value is -1.35. The van der Waals surface area contributed by atoms with Crippen LogP contribution in [0.5, 0.6) is 0 Å². The van der Waals surface area contributed by atoms with Crippen molar-refractivity contribution in [3.05, 3.63) is 68.1 Å². The van der Waals surface area contributed by atoms with Gasteiger partial charge in [-0.1, -0.05) is 6.07 Å². The maximum atomic E-state index is 13.4. The summed E-state index contributed by atoms with van der Waals surface area (Å²) in [6, 6.07) is 8.29. The van der Waals surface area contributed by atoms with Crippen molar-refractivity contribution < 1.29 is 18.7 Å². The van der Waals surface area contributed by atoms with Crippen LogP contribution >= 0.6 is 31.9 Å². The Morgan fingerprint density at radius 2 is 1.74 bits per heavy atom. The van der Waals surface area contributed by atoms with Crippen LogP contribution in [0.1, 0.15) is 18.1 Å². The van der Waals surface area contributed by atoms with E-state index in [4.69, 9.17) is 0 Å². The third-order valence-electron chi connectivity index (χ3n) is 3.90. The SMILES string of the molecule is CC(=O)N[C@@H](Cc1cc(F)cc(F)c1)[C@@H](O)CNCc1ccc(Br)c(Br)c1. The van der Waals surface area contributed by atoms with Crippen molar-refractivity contribution in [3.8, 4) is 0 Å². The fraction of sp³-hybridized carbons (Fsp3) is 0.316. The van der Waals surface area contributed by atoms with Gasteiger partial charge in [-0.2, -0.15) is 0 Å². The Kier molecular flexibility index (Phi) is 8.34. The van der Waals surface area contributed by atoms with E-state index in [1.807, 2.05) is 18.2 Å². The molecule has 0 aliphatic heterocycles. The Morgan fingerprint density at radius 1 is 1.07 bits per heavy atom. The van der Waals surface area contributed by atoms with Crippen molar-refractivity contribution in [1.82, 2.24) is 10.6 Å². The molecule has 0 aliphatic carbocycles. The standard InChI is InChI=1S/C19H20Br2F2N2O2/c1-11(26)25-18(7-13-4-14(22)8-15(23)5-13)19(27)10-24-9-12-2-3-16(20)17(21)6-12/h2-6,8,18-19,24,27H,7,9-10H2,1H3,(H,25,26)/t18-,19-/m0/s1. The molecule has 2 aromatic rings. The van der Waals surface area contributed by atoms with Crippen molar-refractivity contribution >= 4 is 37.8 Å². The predicted octanol–water partition coefficient (Wildman–Crippen LogP) is 3.69. The number of halogens is 4. The second kappa shape index (κ2) is 10.3. The maximum Gasteiger partial charge on any atom is 0.217 e. The Labute approximate surface area is 173 Å². The molecule has 27 heavy (non-hydrogen) atoms. The van der Waals surface area contributed by atoms with Gasteiger partial charge in [0.1, 0.15) is 11.6 Å². The van der Waals surface area contributed by atoms with Gasteiger partial charge in [-0.05, 0) is 73.7 Å². The van der Waals surface area contributed by atoms with E-state index >= 15 is 0 Å². The van der Waals surface area contributed by atoms with E-state index in [-0.39, 0.29) is 18.9 Å². The third-order valence-corrected chi connectivity index (χ3v) is 5.78. The van der Waals surface area contributed by atoms with Crippen molar-refractivity contribution in [3.63, 3.8) is 0 Å². The zero-order valence-corrected chi connectivity index (χ0v) is 17.8. The van der Waals surface area contributed by atoms with E-state index in [2.05, 4.69) is 42.5 Å². The summed E-state index contributed by atoms with van der Waals surface area (Å²) in [5.74, 6) is -1.72. The minimum Gasteiger partial charge on any atom is -0.390 e. The Bertz CT molecular complexity index is 785. The van der Waals surface area contributed by atoms with Crippen LogP contribution in [0, 0.1) is 11.6 Å². The molecule has 0 saturated heterocycles. The molecule has 2 rings (SSSR count). The second-order valence-electron chi connectivity index (χ2n) is 6.24. The number of amides is 1. The summed E-state index contributed by atoms with van der Waals surface area (Å²) in [6.45, 7) is 2.05. The monoisotopic (exact) mass is 504 g/mol. The van der Waals surface area contributed by atoms with Crippen LogP contribution in [0.15, 0.2) is 45.3 Å². The molecule has 0 fully saturated rings. The van der Waals surface area contributed by atoms with Crippen LogP contribution in [0.4, 0.5) is 8.78 Å². The molecule has 8 heteroatoms. The highest BCUT2D eigenvalue weighted by Crippen LogP contribution is 2.23. The normalized spacial score (nSPS) is 13.3. The fourth-order valence-corrected chi connectivity index (χ4v) is 3.36. The van der Waals surface area contributed by atoms with Gasteiger partial charge in [0.2, 0.25) is 5.91 Å². The lowest BCUT2D eigenvalue weighted by Crippen LogP contribution is -2.48. The van der Waals surface area contributed by atoms with Crippen molar-refractivity contribution in [2.24, 2.45) is 0 Å². The van der Waals surface area contributed by atoms with Gasteiger partial charge in [-0.15, -0.1) is 0 Å². The molecule has 0 aromatic heterocycles. The summed E-state index contributed by atoms with van der Waals surface area (Å²) < 4.78 is 28.6. The highest BCUT2D eigenvalue weighted by atomic mass is 79.9. The van der Waals surface area contributed by atoms with Gasteiger partial charge in [-0.25, -0.2) is 8.78 Å². The van der Waals surface area contributed by atoms with Crippen LogP contribution in [-0.2, 0) is 17.8 Å². The number of carbonyl (C=O) groups is 1. The van der Waals surface area contributed by atoms with E-state index in [0.717, 1.165) is 20.6 Å². The van der Waals surface area contributed by atoms with E-state index in [1.54, 1.807) is 0 Å². The first kappa shape index (κ1) is 21.9. The summed E-state index contributed by atoms with van der Waals surface area (Å²) in [7, 11) is 0. The zero-order chi connectivity index (χ0) is 20.0. The molecule has 1 amide bonds. The number of hydrogen-bond donors (Lipinski definition) is 3. The minimum absolute atomic E-state index is 0.112. The van der Waals surface area contributed by atoms with E-state index in [9.17, 15) is 18.7 Å². The topological polar surface area (TPSA) is 61.4 Å². The van der Waals surface area contributed by atoms with Gasteiger partial charge in [0, 0.05) is 35.0 Å². The van der Waals surface area contributed by atoms with Crippen molar-refractivity contribution in [2.75, 3.05) is 6.54 Å². The van der Waals surface area contributed by atoms with Gasteiger partial charge in [0.05, 0.1) is 12.1 Å². The van der Waals surface area contributed by atoms with Crippen LogP contribution in [0.25, 0.3) is 0 Å². The van der Waals surface area contributed by atoms with Gasteiger partial charge in [0.25, 0.3) is 0 Å². The number of hydrogen-bond acceptors (Lipinski definition) is 3. The molecule has 146 valence electrons. The zero-order valence-electron chi connectivity index (χ0n) is 14.6. The molecule has 0 aliphatic rings. The van der Waals surface area contributed by atoms with Gasteiger partial charge >= 0.3 is 0 Å². The van der Waals surface area contributed by atoms with E-state index in [0.29, 0.717) is 12.1 Å². The summed E-state index contributed by atoms with van der Waals surface area (Å²) in [5, 5.41) is 16.2. The van der Waals surface area contributed by atoms with Crippen LogP contribution < -0.4 is 10.6 Å². The van der Waals surface area contributed by atoms with Crippen LogP contribution in [-0.4, -0.2) is 29.7 Å². The number of benzene rings is 2. The molecule has 2 aromatic carbocycles. The molecular weight excluding hydrogens is 486 g/mol. The Morgan fingerprint density at radius 3 is 2.33 bits per heavy atom. The smallest absolute Gasteiger partial charge is 0.217 e. The third kappa shape index (κ3) is 7.29. The fourth-order valence-electron chi connectivity index (χ4n) is 2.68. The Balaban J connectivity index is 1.97.